The summed E-state index contributed by atoms with van der Waals surface area (Å²) in [6, 6.07) is 19.1. The van der Waals surface area contributed by atoms with E-state index in [1.807, 2.05) is 12.1 Å². The predicted octanol–water partition coefficient (Wildman–Crippen LogP) is 5.14. The Labute approximate surface area is 104 Å². The molecule has 0 spiro atoms. The molecule has 1 aliphatic rings. The Bertz CT molecular complexity index is 757. The van der Waals surface area contributed by atoms with Crippen molar-refractivity contribution < 1.29 is 0 Å². The van der Waals surface area contributed by atoms with Crippen LogP contribution in [0, 0.1) is 0 Å². The minimum Gasteiger partial charge on any atom is -0.0843 e. The van der Waals surface area contributed by atoms with E-state index in [0.29, 0.717) is 0 Å². The smallest absolute Gasteiger partial charge is 0.0412 e. The van der Waals surface area contributed by atoms with Crippen LogP contribution in [0.3, 0.4) is 0 Å². The Kier molecular flexibility index (Phi) is 1.70. The quantitative estimate of drug-likeness (QED) is 0.397. The monoisotopic (exact) mass is 236 g/mol. The molecule has 3 aromatic rings. The molecule has 80 valence electrons. The first-order valence-electron chi connectivity index (χ1n) is 5.66. The maximum Gasteiger partial charge on any atom is 0.0412 e. The van der Waals surface area contributed by atoms with Crippen LogP contribution in [0.25, 0.3) is 33.0 Å². The lowest BCUT2D eigenvalue weighted by Gasteiger charge is -2.24. The molecule has 3 aromatic carbocycles. The number of halogens is 1. The van der Waals surface area contributed by atoms with Crippen molar-refractivity contribution in [2.45, 2.75) is 0 Å². The second kappa shape index (κ2) is 3.12. The molecule has 0 N–H and O–H groups in total. The third kappa shape index (κ3) is 1.19. The summed E-state index contributed by atoms with van der Waals surface area (Å²) in [5, 5.41) is 3.39. The highest BCUT2D eigenvalue weighted by Gasteiger charge is 2.22. The van der Waals surface area contributed by atoms with Gasteiger partial charge in [-0.2, -0.15) is 0 Å². The maximum atomic E-state index is 6.04. The molecule has 1 heteroatoms. The zero-order valence-corrected chi connectivity index (χ0v) is 9.83. The number of hydrogen-bond donors (Lipinski definition) is 0. The molecule has 0 unspecified atom stereocenters. The summed E-state index contributed by atoms with van der Waals surface area (Å²) < 4.78 is 0. The highest BCUT2D eigenvalue weighted by Crippen LogP contribution is 2.49. The normalized spacial score (nSPS) is 11.8. The summed E-state index contributed by atoms with van der Waals surface area (Å²) >= 11 is 6.04. The fourth-order valence-electron chi connectivity index (χ4n) is 2.60. The molecule has 0 amide bonds. The van der Waals surface area contributed by atoms with Crippen LogP contribution < -0.4 is 0 Å². The van der Waals surface area contributed by atoms with Gasteiger partial charge in [-0.1, -0.05) is 41.9 Å². The van der Waals surface area contributed by atoms with E-state index in [2.05, 4.69) is 42.5 Å². The van der Waals surface area contributed by atoms with Crippen molar-refractivity contribution in [1.82, 2.24) is 0 Å². The Balaban J connectivity index is 2.05. The zero-order chi connectivity index (χ0) is 11.4. The molecule has 1 aliphatic carbocycles. The molecular weight excluding hydrogens is 228 g/mol. The van der Waals surface area contributed by atoms with Crippen LogP contribution >= 0.6 is 11.6 Å². The van der Waals surface area contributed by atoms with Crippen molar-refractivity contribution in [3.63, 3.8) is 0 Å². The van der Waals surface area contributed by atoms with Crippen LogP contribution in [-0.4, -0.2) is 0 Å². The maximum absolute atomic E-state index is 6.04. The molecule has 0 saturated carbocycles. The summed E-state index contributed by atoms with van der Waals surface area (Å²) in [6.07, 6.45) is 0. The Hall–Kier alpha value is -1.79. The van der Waals surface area contributed by atoms with Gasteiger partial charge < -0.3 is 0 Å². The van der Waals surface area contributed by atoms with Crippen molar-refractivity contribution in [2.75, 3.05) is 0 Å². The number of hydrogen-bond acceptors (Lipinski definition) is 0. The van der Waals surface area contributed by atoms with Gasteiger partial charge in [0.05, 0.1) is 0 Å². The van der Waals surface area contributed by atoms with Crippen molar-refractivity contribution in [3.05, 3.63) is 59.6 Å². The number of fused-ring (bicyclic) bond motifs is 5. The van der Waals surface area contributed by atoms with Gasteiger partial charge in [0, 0.05) is 5.02 Å². The van der Waals surface area contributed by atoms with Crippen LogP contribution in [0.15, 0.2) is 54.6 Å². The largest absolute Gasteiger partial charge is 0.0843 e. The lowest BCUT2D eigenvalue weighted by molar-refractivity contribution is 1.54. The fraction of sp³-hybridized carbons (Fsp3) is 0. The highest BCUT2D eigenvalue weighted by molar-refractivity contribution is 6.31. The van der Waals surface area contributed by atoms with Crippen LogP contribution in [0.5, 0.6) is 0 Å². The molecule has 0 aromatic heterocycles. The van der Waals surface area contributed by atoms with E-state index in [0.717, 1.165) is 5.02 Å². The minimum atomic E-state index is 0.808. The van der Waals surface area contributed by atoms with Crippen molar-refractivity contribution >= 4 is 22.4 Å². The molecule has 0 aliphatic heterocycles. The lowest BCUT2D eigenvalue weighted by atomic mass is 9.79. The summed E-state index contributed by atoms with van der Waals surface area (Å²) in [6.45, 7) is 0. The van der Waals surface area contributed by atoms with E-state index in [1.165, 1.54) is 33.0 Å². The average molecular weight is 237 g/mol. The van der Waals surface area contributed by atoms with Crippen LogP contribution in [0.4, 0.5) is 0 Å². The van der Waals surface area contributed by atoms with Crippen LogP contribution in [-0.2, 0) is 0 Å². The van der Waals surface area contributed by atoms with Gasteiger partial charge in [0.25, 0.3) is 0 Å². The third-order valence-electron chi connectivity index (χ3n) is 3.45. The molecule has 0 bridgehead atoms. The van der Waals surface area contributed by atoms with Crippen LogP contribution in [0.1, 0.15) is 0 Å². The van der Waals surface area contributed by atoms with Gasteiger partial charge in [-0.05, 0) is 57.3 Å². The van der Waals surface area contributed by atoms with E-state index in [-0.39, 0.29) is 0 Å². The van der Waals surface area contributed by atoms with Gasteiger partial charge in [0.2, 0.25) is 0 Å². The molecule has 0 saturated heterocycles. The van der Waals surface area contributed by atoms with Gasteiger partial charge in [-0.3, -0.25) is 0 Å². The SMILES string of the molecule is Clc1ccc2c(c1)-c1cc3ccccc3cc1-2. The van der Waals surface area contributed by atoms with Crippen molar-refractivity contribution in [2.24, 2.45) is 0 Å². The topological polar surface area (TPSA) is 0 Å². The number of rotatable bonds is 0. The van der Waals surface area contributed by atoms with Gasteiger partial charge in [-0.15, -0.1) is 0 Å². The van der Waals surface area contributed by atoms with Gasteiger partial charge >= 0.3 is 0 Å². The van der Waals surface area contributed by atoms with Crippen molar-refractivity contribution in [1.29, 1.82) is 0 Å². The van der Waals surface area contributed by atoms with E-state index < -0.39 is 0 Å². The summed E-state index contributed by atoms with van der Waals surface area (Å²) in [5.74, 6) is 0. The zero-order valence-electron chi connectivity index (χ0n) is 9.07. The molecular formula is C16H9Cl. The standard InChI is InChI=1S/C16H9Cl/c17-12-5-6-13-14-7-10-3-1-2-4-11(10)8-15(14)16(13)9-12/h1-9H. The average Bonchev–Trinajstić information content (AvgIpc) is 2.36. The van der Waals surface area contributed by atoms with Crippen LogP contribution in [0.2, 0.25) is 5.02 Å². The van der Waals surface area contributed by atoms with E-state index >= 15 is 0 Å². The third-order valence-corrected chi connectivity index (χ3v) is 3.68. The molecule has 17 heavy (non-hydrogen) atoms. The van der Waals surface area contributed by atoms with E-state index in [4.69, 9.17) is 11.6 Å². The Morgan fingerprint density at radius 3 is 1.88 bits per heavy atom. The van der Waals surface area contributed by atoms with Gasteiger partial charge in [0.15, 0.2) is 0 Å². The first-order chi connectivity index (χ1) is 8.33. The summed E-state index contributed by atoms with van der Waals surface area (Å²) in [7, 11) is 0. The first kappa shape index (κ1) is 9.26. The Morgan fingerprint density at radius 1 is 0.588 bits per heavy atom. The van der Waals surface area contributed by atoms with E-state index in [1.54, 1.807) is 0 Å². The minimum absolute atomic E-state index is 0.808. The Morgan fingerprint density at radius 2 is 1.18 bits per heavy atom. The molecule has 0 atom stereocenters. The molecule has 4 rings (SSSR count). The molecule has 0 heterocycles. The molecule has 0 nitrogen and oxygen atoms in total. The molecule has 0 fully saturated rings. The number of benzene rings is 3. The second-order valence-corrected chi connectivity index (χ2v) is 4.87. The lowest BCUT2D eigenvalue weighted by Crippen LogP contribution is -1.98. The van der Waals surface area contributed by atoms with Crippen molar-refractivity contribution in [3.8, 4) is 22.3 Å². The second-order valence-electron chi connectivity index (χ2n) is 4.43. The molecule has 0 radical (unpaired) electrons. The summed E-state index contributed by atoms with van der Waals surface area (Å²) in [5.41, 5.74) is 5.25. The summed E-state index contributed by atoms with van der Waals surface area (Å²) in [4.78, 5) is 0. The fourth-order valence-corrected chi connectivity index (χ4v) is 2.77. The van der Waals surface area contributed by atoms with Gasteiger partial charge in [0.1, 0.15) is 0 Å². The first-order valence-corrected chi connectivity index (χ1v) is 6.04. The van der Waals surface area contributed by atoms with Gasteiger partial charge in [-0.25, -0.2) is 0 Å². The van der Waals surface area contributed by atoms with E-state index in [9.17, 15) is 0 Å². The highest BCUT2D eigenvalue weighted by atomic mass is 35.5. The predicted molar refractivity (Wildman–Crippen MR) is 73.4 cm³/mol.